The van der Waals surface area contributed by atoms with E-state index < -0.39 is 0 Å². The molecule has 1 aliphatic heterocycles. The second kappa shape index (κ2) is 5.19. The maximum atomic E-state index is 5.39. The van der Waals surface area contributed by atoms with Crippen molar-refractivity contribution in [1.29, 1.82) is 0 Å². The van der Waals surface area contributed by atoms with Crippen LogP contribution in [0.3, 0.4) is 0 Å². The minimum atomic E-state index is 0.305. The third kappa shape index (κ3) is 2.72. The van der Waals surface area contributed by atoms with E-state index in [0.717, 1.165) is 34.3 Å². The summed E-state index contributed by atoms with van der Waals surface area (Å²) in [5.74, 6) is 1.60. The van der Waals surface area contributed by atoms with Crippen molar-refractivity contribution in [3.05, 3.63) is 28.6 Å². The number of thiazole rings is 1. The highest BCUT2D eigenvalue weighted by Gasteiger charge is 2.15. The van der Waals surface area contributed by atoms with Crippen molar-refractivity contribution in [2.24, 2.45) is 0 Å². The minimum Gasteiger partial charge on any atom is -0.454 e. The largest absolute Gasteiger partial charge is 0.454 e. The number of benzene rings is 1. The number of nitrogens with zero attached hydrogens (tertiary/aromatic N) is 1. The lowest BCUT2D eigenvalue weighted by molar-refractivity contribution is 0.174. The summed E-state index contributed by atoms with van der Waals surface area (Å²) >= 11 is 1.67. The molecule has 0 atom stereocenters. The van der Waals surface area contributed by atoms with Gasteiger partial charge < -0.3 is 14.8 Å². The minimum absolute atomic E-state index is 0.305. The zero-order valence-electron chi connectivity index (χ0n) is 11.0. The number of hydrogen-bond donors (Lipinski definition) is 1. The predicted molar refractivity (Wildman–Crippen MR) is 75.6 cm³/mol. The van der Waals surface area contributed by atoms with Crippen LogP contribution in [0.1, 0.15) is 18.9 Å². The fraction of sp³-hybridized carbons (Fsp3) is 0.357. The second-order valence-corrected chi connectivity index (χ2v) is 5.67. The first-order valence-corrected chi connectivity index (χ1v) is 7.18. The molecule has 2 heterocycles. The Morgan fingerprint density at radius 2 is 2.16 bits per heavy atom. The van der Waals surface area contributed by atoms with Gasteiger partial charge in [0.05, 0.1) is 5.69 Å². The van der Waals surface area contributed by atoms with E-state index in [1.54, 1.807) is 11.3 Å². The van der Waals surface area contributed by atoms with E-state index in [4.69, 9.17) is 9.47 Å². The summed E-state index contributed by atoms with van der Waals surface area (Å²) in [5.41, 5.74) is 2.06. The van der Waals surface area contributed by atoms with E-state index in [1.165, 1.54) is 0 Å². The zero-order valence-corrected chi connectivity index (χ0v) is 11.8. The van der Waals surface area contributed by atoms with Gasteiger partial charge in [-0.3, -0.25) is 0 Å². The summed E-state index contributed by atoms with van der Waals surface area (Å²) in [7, 11) is 0. The van der Waals surface area contributed by atoms with Crippen LogP contribution in [0.4, 0.5) is 0 Å². The van der Waals surface area contributed by atoms with Crippen LogP contribution in [0.5, 0.6) is 11.5 Å². The van der Waals surface area contributed by atoms with Crippen molar-refractivity contribution < 1.29 is 9.47 Å². The van der Waals surface area contributed by atoms with E-state index >= 15 is 0 Å². The zero-order chi connectivity index (χ0) is 13.2. The summed E-state index contributed by atoms with van der Waals surface area (Å²) in [6, 6.07) is 6.40. The Kier molecular flexibility index (Phi) is 3.40. The highest BCUT2D eigenvalue weighted by Crippen LogP contribution is 2.36. The first kappa shape index (κ1) is 12.4. The van der Waals surface area contributed by atoms with Gasteiger partial charge in [0.25, 0.3) is 0 Å². The molecule has 2 aromatic rings. The molecule has 0 amide bonds. The van der Waals surface area contributed by atoms with Crippen molar-refractivity contribution in [2.45, 2.75) is 26.4 Å². The molecule has 0 bridgehead atoms. The van der Waals surface area contributed by atoms with Gasteiger partial charge in [0.2, 0.25) is 6.79 Å². The molecule has 0 saturated carbocycles. The summed E-state index contributed by atoms with van der Waals surface area (Å²) in [6.07, 6.45) is 0. The highest BCUT2D eigenvalue weighted by atomic mass is 32.1. The maximum Gasteiger partial charge on any atom is 0.231 e. The lowest BCUT2D eigenvalue weighted by Gasteiger charge is -2.04. The molecule has 1 aromatic carbocycles. The fourth-order valence-corrected chi connectivity index (χ4v) is 2.63. The Morgan fingerprint density at radius 3 is 3.00 bits per heavy atom. The van der Waals surface area contributed by atoms with Gasteiger partial charge in [0.15, 0.2) is 11.5 Å². The predicted octanol–water partition coefficient (Wildman–Crippen LogP) is 3.04. The van der Waals surface area contributed by atoms with Crippen LogP contribution in [-0.4, -0.2) is 17.8 Å². The highest BCUT2D eigenvalue weighted by molar-refractivity contribution is 7.09. The molecule has 3 rings (SSSR count). The van der Waals surface area contributed by atoms with E-state index in [2.05, 4.69) is 29.5 Å². The molecule has 0 saturated heterocycles. The Labute approximate surface area is 116 Å². The molecule has 0 radical (unpaired) electrons. The standard InChI is InChI=1S/C14H16N2O2S/c1-9(2)15-6-14-16-11(7-19-14)10-3-4-12-13(5-10)18-8-17-12/h3-5,7,9,15H,6,8H2,1-2H3. The van der Waals surface area contributed by atoms with E-state index in [1.807, 2.05) is 18.2 Å². The van der Waals surface area contributed by atoms with E-state index in [-0.39, 0.29) is 0 Å². The summed E-state index contributed by atoms with van der Waals surface area (Å²) in [6.45, 7) is 5.38. The molecule has 0 unspecified atom stereocenters. The van der Waals surface area contributed by atoms with Gasteiger partial charge >= 0.3 is 0 Å². The SMILES string of the molecule is CC(C)NCc1nc(-c2ccc3c(c2)OCO3)cs1. The molecule has 0 spiro atoms. The van der Waals surface area contributed by atoms with Crippen LogP contribution in [0.25, 0.3) is 11.3 Å². The first-order valence-electron chi connectivity index (χ1n) is 6.30. The molecule has 1 aromatic heterocycles. The molecule has 4 nitrogen and oxygen atoms in total. The van der Waals surface area contributed by atoms with Gasteiger partial charge in [-0.25, -0.2) is 4.98 Å². The lowest BCUT2D eigenvalue weighted by Crippen LogP contribution is -2.21. The van der Waals surface area contributed by atoms with Crippen molar-refractivity contribution in [2.75, 3.05) is 6.79 Å². The second-order valence-electron chi connectivity index (χ2n) is 4.73. The Balaban J connectivity index is 1.79. The quantitative estimate of drug-likeness (QED) is 0.932. The Bertz CT molecular complexity index is 581. The Hall–Kier alpha value is -1.59. The van der Waals surface area contributed by atoms with Gasteiger partial charge in [-0.1, -0.05) is 13.8 Å². The van der Waals surface area contributed by atoms with Crippen LogP contribution in [0, 0.1) is 0 Å². The molecule has 0 aliphatic carbocycles. The van der Waals surface area contributed by atoms with Crippen molar-refractivity contribution in [1.82, 2.24) is 10.3 Å². The normalized spacial score (nSPS) is 13.2. The van der Waals surface area contributed by atoms with Gasteiger partial charge in [-0.05, 0) is 18.2 Å². The van der Waals surface area contributed by atoms with Crippen LogP contribution in [0.2, 0.25) is 0 Å². The van der Waals surface area contributed by atoms with Crippen molar-refractivity contribution in [3.8, 4) is 22.8 Å². The van der Waals surface area contributed by atoms with Crippen LogP contribution >= 0.6 is 11.3 Å². The van der Waals surface area contributed by atoms with E-state index in [0.29, 0.717) is 12.8 Å². The smallest absolute Gasteiger partial charge is 0.231 e. The van der Waals surface area contributed by atoms with Gasteiger partial charge in [-0.2, -0.15) is 0 Å². The fourth-order valence-electron chi connectivity index (χ4n) is 1.87. The number of rotatable bonds is 4. The van der Waals surface area contributed by atoms with Crippen molar-refractivity contribution >= 4 is 11.3 Å². The molecule has 1 aliphatic rings. The molecule has 19 heavy (non-hydrogen) atoms. The summed E-state index contributed by atoms with van der Waals surface area (Å²) in [4.78, 5) is 4.64. The molecule has 1 N–H and O–H groups in total. The number of hydrogen-bond acceptors (Lipinski definition) is 5. The number of aromatic nitrogens is 1. The maximum absolute atomic E-state index is 5.39. The molecular formula is C14H16N2O2S. The number of fused-ring (bicyclic) bond motifs is 1. The van der Waals surface area contributed by atoms with Gasteiger partial charge in [-0.15, -0.1) is 11.3 Å². The van der Waals surface area contributed by atoms with Gasteiger partial charge in [0.1, 0.15) is 5.01 Å². The third-order valence-electron chi connectivity index (χ3n) is 2.88. The number of ether oxygens (including phenoxy) is 2. The first-order chi connectivity index (χ1) is 9.22. The monoisotopic (exact) mass is 276 g/mol. The molecule has 100 valence electrons. The summed E-state index contributed by atoms with van der Waals surface area (Å²) in [5, 5.41) is 6.55. The van der Waals surface area contributed by atoms with E-state index in [9.17, 15) is 0 Å². The summed E-state index contributed by atoms with van der Waals surface area (Å²) < 4.78 is 10.7. The van der Waals surface area contributed by atoms with Crippen molar-refractivity contribution in [3.63, 3.8) is 0 Å². The number of nitrogens with one attached hydrogen (secondary N) is 1. The average Bonchev–Trinajstić information content (AvgIpc) is 3.04. The third-order valence-corrected chi connectivity index (χ3v) is 3.73. The average molecular weight is 276 g/mol. The van der Waals surface area contributed by atoms with Gasteiger partial charge in [0, 0.05) is 23.5 Å². The lowest BCUT2D eigenvalue weighted by atomic mass is 10.1. The molecule has 0 fully saturated rings. The van der Waals surface area contributed by atoms with Crippen LogP contribution in [-0.2, 0) is 6.54 Å². The van der Waals surface area contributed by atoms with Crippen LogP contribution < -0.4 is 14.8 Å². The Morgan fingerprint density at radius 1 is 1.32 bits per heavy atom. The topological polar surface area (TPSA) is 43.4 Å². The molecular weight excluding hydrogens is 260 g/mol. The molecule has 5 heteroatoms. The van der Waals surface area contributed by atoms with Crippen LogP contribution in [0.15, 0.2) is 23.6 Å².